The number of aliphatic carboxylic acids is 1. The van der Waals surface area contributed by atoms with E-state index in [0.29, 0.717) is 24.1 Å². The molecule has 0 aliphatic heterocycles. The number of aryl methyl sites for hydroxylation is 1. The minimum absolute atomic E-state index is 0.0633. The van der Waals surface area contributed by atoms with Gasteiger partial charge in [-0.15, -0.1) is 0 Å². The van der Waals surface area contributed by atoms with Crippen LogP contribution in [0.5, 0.6) is 0 Å². The molecule has 24 heavy (non-hydrogen) atoms. The molecule has 0 fully saturated rings. The van der Waals surface area contributed by atoms with E-state index in [0.717, 1.165) is 32.2 Å². The number of hydrogen-bond donors (Lipinski definition) is 2. The molecule has 0 unspecified atom stereocenters. The van der Waals surface area contributed by atoms with Gasteiger partial charge in [0.25, 0.3) is 0 Å². The number of aromatic amines is 1. The molecule has 0 radical (unpaired) electrons. The minimum atomic E-state index is -0.905. The van der Waals surface area contributed by atoms with Crippen molar-refractivity contribution in [2.24, 2.45) is 0 Å². The lowest BCUT2D eigenvalue weighted by Gasteiger charge is -2.06. The first kappa shape index (κ1) is 16.9. The fraction of sp³-hybridized carbons (Fsp3) is 0.167. The predicted molar refractivity (Wildman–Crippen MR) is 96.9 cm³/mol. The molecule has 0 saturated heterocycles. The maximum absolute atomic E-state index is 13.6. The van der Waals surface area contributed by atoms with Gasteiger partial charge in [0.1, 0.15) is 0 Å². The van der Waals surface area contributed by atoms with Crippen LogP contribution in [0.15, 0.2) is 36.4 Å². The fourth-order valence-electron chi connectivity index (χ4n) is 2.79. The van der Waals surface area contributed by atoms with E-state index in [1.54, 1.807) is 0 Å². The van der Waals surface area contributed by atoms with Gasteiger partial charge in [0.2, 0.25) is 0 Å². The number of carboxylic acids is 1. The average Bonchev–Trinajstić information content (AvgIpc) is 2.88. The number of nitrogens with one attached hydrogen (secondary N) is 1. The van der Waals surface area contributed by atoms with Crippen molar-refractivity contribution in [1.29, 1.82) is 0 Å². The highest BCUT2D eigenvalue weighted by Gasteiger charge is 2.15. The molecule has 1 aromatic heterocycles. The summed E-state index contributed by atoms with van der Waals surface area (Å²) in [6.45, 7) is 0. The van der Waals surface area contributed by atoms with Gasteiger partial charge in [-0.25, -0.2) is 8.78 Å². The first-order valence-corrected chi connectivity index (χ1v) is 8.51. The summed E-state index contributed by atoms with van der Waals surface area (Å²) in [7, 11) is 0. The van der Waals surface area contributed by atoms with Crippen LogP contribution in [0, 0.1) is 15.2 Å². The molecule has 0 spiro atoms. The number of rotatable bonds is 5. The Morgan fingerprint density at radius 1 is 1.12 bits per heavy atom. The monoisotopic (exact) mass is 441 g/mol. The highest BCUT2D eigenvalue weighted by atomic mass is 127. The van der Waals surface area contributed by atoms with Crippen LogP contribution >= 0.6 is 22.6 Å². The third-order valence-electron chi connectivity index (χ3n) is 3.89. The van der Waals surface area contributed by atoms with E-state index >= 15 is 0 Å². The maximum Gasteiger partial charge on any atom is 0.303 e. The standard InChI is InChI=1S/C18H14F2INO2/c19-14-6-4-10(8-15(14)20)18-12(2-1-3-17(23)24)13-9-11(21)5-7-16(13)22-18/h4-9,22H,1-3H2,(H,23,24). The number of carboxylic acid groups (broad SMARTS) is 1. The van der Waals surface area contributed by atoms with Crippen molar-refractivity contribution in [2.45, 2.75) is 19.3 Å². The number of aromatic nitrogens is 1. The van der Waals surface area contributed by atoms with Gasteiger partial charge in [-0.05, 0) is 77.4 Å². The Kier molecular flexibility index (Phi) is 4.84. The number of H-pyrrole nitrogens is 1. The Labute approximate surface area is 150 Å². The van der Waals surface area contributed by atoms with E-state index in [9.17, 15) is 13.6 Å². The van der Waals surface area contributed by atoms with Gasteiger partial charge in [-0.2, -0.15) is 0 Å². The van der Waals surface area contributed by atoms with E-state index < -0.39 is 17.6 Å². The zero-order valence-corrected chi connectivity index (χ0v) is 14.7. The van der Waals surface area contributed by atoms with Crippen molar-refractivity contribution in [2.75, 3.05) is 0 Å². The number of fused-ring (bicyclic) bond motifs is 1. The smallest absolute Gasteiger partial charge is 0.303 e. The average molecular weight is 441 g/mol. The van der Waals surface area contributed by atoms with Crippen LogP contribution in [0.2, 0.25) is 0 Å². The van der Waals surface area contributed by atoms with Gasteiger partial charge in [0.15, 0.2) is 11.6 Å². The van der Waals surface area contributed by atoms with Gasteiger partial charge in [0, 0.05) is 32.2 Å². The van der Waals surface area contributed by atoms with Crippen molar-refractivity contribution < 1.29 is 18.7 Å². The van der Waals surface area contributed by atoms with Crippen LogP contribution in [-0.4, -0.2) is 16.1 Å². The molecular formula is C18H14F2INO2. The van der Waals surface area contributed by atoms with Gasteiger partial charge in [-0.1, -0.05) is 0 Å². The van der Waals surface area contributed by atoms with E-state index in [1.165, 1.54) is 6.07 Å². The molecule has 124 valence electrons. The first-order chi connectivity index (χ1) is 11.5. The first-order valence-electron chi connectivity index (χ1n) is 7.43. The molecular weight excluding hydrogens is 427 g/mol. The summed E-state index contributed by atoms with van der Waals surface area (Å²) in [6, 6.07) is 9.67. The van der Waals surface area contributed by atoms with Crippen LogP contribution in [0.4, 0.5) is 8.78 Å². The van der Waals surface area contributed by atoms with Crippen molar-refractivity contribution in [3.63, 3.8) is 0 Å². The second-order valence-electron chi connectivity index (χ2n) is 5.54. The largest absolute Gasteiger partial charge is 0.481 e. The Bertz CT molecular complexity index is 921. The molecule has 2 N–H and O–H groups in total. The Balaban J connectivity index is 2.11. The SMILES string of the molecule is O=C(O)CCCc1c(-c2ccc(F)c(F)c2)[nH]c2ccc(I)cc12. The molecule has 3 rings (SSSR count). The van der Waals surface area contributed by atoms with Crippen molar-refractivity contribution in [1.82, 2.24) is 4.98 Å². The highest BCUT2D eigenvalue weighted by Crippen LogP contribution is 2.33. The second-order valence-corrected chi connectivity index (χ2v) is 6.79. The van der Waals surface area contributed by atoms with Crippen LogP contribution in [-0.2, 0) is 11.2 Å². The Morgan fingerprint density at radius 2 is 1.92 bits per heavy atom. The summed E-state index contributed by atoms with van der Waals surface area (Å²) in [5.41, 5.74) is 3.07. The molecule has 0 saturated carbocycles. The number of halogens is 3. The number of benzene rings is 2. The predicted octanol–water partition coefficient (Wildman–Crippen LogP) is 5.13. The van der Waals surface area contributed by atoms with Gasteiger partial charge >= 0.3 is 5.97 Å². The van der Waals surface area contributed by atoms with Crippen LogP contribution < -0.4 is 0 Å². The summed E-state index contributed by atoms with van der Waals surface area (Å²) in [5.74, 6) is -2.65. The third kappa shape index (κ3) is 3.43. The Hall–Kier alpha value is -1.96. The van der Waals surface area contributed by atoms with Crippen LogP contribution in [0.3, 0.4) is 0 Å². The highest BCUT2D eigenvalue weighted by molar-refractivity contribution is 14.1. The summed E-state index contributed by atoms with van der Waals surface area (Å²) in [4.78, 5) is 14.0. The minimum Gasteiger partial charge on any atom is -0.481 e. The molecule has 6 heteroatoms. The van der Waals surface area contributed by atoms with E-state index in [4.69, 9.17) is 5.11 Å². The summed E-state index contributed by atoms with van der Waals surface area (Å²) >= 11 is 2.21. The van der Waals surface area contributed by atoms with Gasteiger partial charge in [0.05, 0.1) is 0 Å². The zero-order valence-electron chi connectivity index (χ0n) is 12.6. The lowest BCUT2D eigenvalue weighted by Crippen LogP contribution is -1.97. The van der Waals surface area contributed by atoms with Crippen molar-refractivity contribution in [3.8, 4) is 11.3 Å². The molecule has 0 aliphatic carbocycles. The molecule has 0 bridgehead atoms. The molecule has 3 nitrogen and oxygen atoms in total. The molecule has 1 heterocycles. The lowest BCUT2D eigenvalue weighted by molar-refractivity contribution is -0.137. The molecule has 0 amide bonds. The van der Waals surface area contributed by atoms with E-state index in [2.05, 4.69) is 27.6 Å². The van der Waals surface area contributed by atoms with E-state index in [-0.39, 0.29) is 6.42 Å². The topological polar surface area (TPSA) is 53.1 Å². The normalized spacial score (nSPS) is 11.1. The van der Waals surface area contributed by atoms with Gasteiger partial charge < -0.3 is 10.1 Å². The zero-order chi connectivity index (χ0) is 17.3. The lowest BCUT2D eigenvalue weighted by atomic mass is 10.00. The Morgan fingerprint density at radius 3 is 2.62 bits per heavy atom. The molecule has 0 aliphatic rings. The third-order valence-corrected chi connectivity index (χ3v) is 4.56. The van der Waals surface area contributed by atoms with Crippen LogP contribution in [0.25, 0.3) is 22.2 Å². The maximum atomic E-state index is 13.6. The molecule has 3 aromatic rings. The summed E-state index contributed by atoms with van der Waals surface area (Å²) in [5, 5.41) is 9.83. The van der Waals surface area contributed by atoms with Crippen LogP contribution in [0.1, 0.15) is 18.4 Å². The van der Waals surface area contributed by atoms with Crippen molar-refractivity contribution in [3.05, 3.63) is 57.2 Å². The van der Waals surface area contributed by atoms with E-state index in [1.807, 2.05) is 18.2 Å². The summed E-state index contributed by atoms with van der Waals surface area (Å²) < 4.78 is 27.9. The number of hydrogen-bond acceptors (Lipinski definition) is 1. The summed E-state index contributed by atoms with van der Waals surface area (Å²) in [6.07, 6.45) is 1.08. The molecule has 0 atom stereocenters. The van der Waals surface area contributed by atoms with Gasteiger partial charge in [-0.3, -0.25) is 4.79 Å². The molecule has 2 aromatic carbocycles. The fourth-order valence-corrected chi connectivity index (χ4v) is 3.29. The second kappa shape index (κ2) is 6.88. The number of carbonyl (C=O) groups is 1. The van der Waals surface area contributed by atoms with Crippen molar-refractivity contribution >= 4 is 39.5 Å². The quantitative estimate of drug-likeness (QED) is 0.540.